The van der Waals surface area contributed by atoms with Crippen molar-refractivity contribution in [3.05, 3.63) is 60.2 Å². The molecule has 6 nitrogen and oxygen atoms in total. The van der Waals surface area contributed by atoms with E-state index in [0.717, 1.165) is 18.7 Å². The summed E-state index contributed by atoms with van der Waals surface area (Å²) in [6.45, 7) is 3.42. The molecular formula is C20H22FN3O3. The Morgan fingerprint density at radius 1 is 1.22 bits per heavy atom. The molecule has 2 fully saturated rings. The quantitative estimate of drug-likeness (QED) is 0.824. The number of amides is 1. The Balaban J connectivity index is 1.54. The van der Waals surface area contributed by atoms with Gasteiger partial charge in [0.15, 0.2) is 0 Å². The Bertz CT molecular complexity index is 804. The SMILES string of the molecule is O=C1COC2(COCCN(Cc3cccnc3)C2)CN1c1cccc(F)c1. The minimum Gasteiger partial charge on any atom is -0.377 e. The monoisotopic (exact) mass is 371 g/mol. The van der Waals surface area contributed by atoms with Crippen LogP contribution in [0.3, 0.4) is 0 Å². The largest absolute Gasteiger partial charge is 0.377 e. The first-order valence-electron chi connectivity index (χ1n) is 9.02. The normalized spacial score (nSPS) is 24.2. The van der Waals surface area contributed by atoms with Crippen molar-refractivity contribution in [3.63, 3.8) is 0 Å². The van der Waals surface area contributed by atoms with Gasteiger partial charge in [-0.3, -0.25) is 14.7 Å². The molecule has 0 aliphatic carbocycles. The second-order valence-electron chi connectivity index (χ2n) is 7.06. The molecule has 1 unspecified atom stereocenters. The summed E-state index contributed by atoms with van der Waals surface area (Å²) >= 11 is 0. The van der Waals surface area contributed by atoms with Crippen LogP contribution in [0.1, 0.15) is 5.56 Å². The van der Waals surface area contributed by atoms with Gasteiger partial charge in [0.05, 0.1) is 19.8 Å². The molecule has 2 saturated heterocycles. The highest BCUT2D eigenvalue weighted by molar-refractivity contribution is 5.95. The van der Waals surface area contributed by atoms with Gasteiger partial charge in [0.25, 0.3) is 5.91 Å². The molecule has 1 aromatic heterocycles. The highest BCUT2D eigenvalue weighted by atomic mass is 19.1. The van der Waals surface area contributed by atoms with E-state index in [1.807, 2.05) is 18.3 Å². The third-order valence-corrected chi connectivity index (χ3v) is 4.93. The van der Waals surface area contributed by atoms with Gasteiger partial charge in [0.1, 0.15) is 18.0 Å². The second kappa shape index (κ2) is 7.72. The first-order valence-corrected chi connectivity index (χ1v) is 9.02. The van der Waals surface area contributed by atoms with Gasteiger partial charge in [-0.2, -0.15) is 0 Å². The van der Waals surface area contributed by atoms with Gasteiger partial charge >= 0.3 is 0 Å². The zero-order valence-corrected chi connectivity index (χ0v) is 15.0. The fourth-order valence-electron chi connectivity index (χ4n) is 3.65. The average molecular weight is 371 g/mol. The van der Waals surface area contributed by atoms with Crippen molar-refractivity contribution in [2.75, 3.05) is 44.4 Å². The molecule has 27 heavy (non-hydrogen) atoms. The summed E-state index contributed by atoms with van der Waals surface area (Å²) in [6, 6.07) is 10.1. The number of aromatic nitrogens is 1. The van der Waals surface area contributed by atoms with Crippen LogP contribution in [0.25, 0.3) is 0 Å². The minimum atomic E-state index is -0.640. The van der Waals surface area contributed by atoms with Crippen LogP contribution in [0.15, 0.2) is 48.8 Å². The molecule has 1 atom stereocenters. The van der Waals surface area contributed by atoms with Gasteiger partial charge in [-0.25, -0.2) is 4.39 Å². The van der Waals surface area contributed by atoms with Gasteiger partial charge in [-0.15, -0.1) is 0 Å². The fourth-order valence-corrected chi connectivity index (χ4v) is 3.65. The molecule has 1 spiro atoms. The number of carbonyl (C=O) groups excluding carboxylic acids is 1. The Labute approximate surface area is 157 Å². The van der Waals surface area contributed by atoms with Crippen LogP contribution in [0, 0.1) is 5.82 Å². The van der Waals surface area contributed by atoms with E-state index in [1.54, 1.807) is 23.2 Å². The van der Waals surface area contributed by atoms with E-state index in [4.69, 9.17) is 9.47 Å². The third kappa shape index (κ3) is 4.16. The summed E-state index contributed by atoms with van der Waals surface area (Å²) in [5, 5.41) is 0. The Morgan fingerprint density at radius 3 is 2.96 bits per heavy atom. The van der Waals surface area contributed by atoms with Gasteiger partial charge < -0.3 is 14.4 Å². The summed E-state index contributed by atoms with van der Waals surface area (Å²) in [6.07, 6.45) is 3.60. The maximum Gasteiger partial charge on any atom is 0.253 e. The van der Waals surface area contributed by atoms with Crippen molar-refractivity contribution in [1.29, 1.82) is 0 Å². The number of anilines is 1. The van der Waals surface area contributed by atoms with Crippen molar-refractivity contribution in [1.82, 2.24) is 9.88 Å². The summed E-state index contributed by atoms with van der Waals surface area (Å²) in [5.41, 5.74) is 1.02. The lowest BCUT2D eigenvalue weighted by atomic mass is 10.0. The second-order valence-corrected chi connectivity index (χ2v) is 7.06. The summed E-state index contributed by atoms with van der Waals surface area (Å²) in [4.78, 5) is 20.4. The van der Waals surface area contributed by atoms with Crippen molar-refractivity contribution < 1.29 is 18.7 Å². The Kier molecular flexibility index (Phi) is 5.15. The lowest BCUT2D eigenvalue weighted by Gasteiger charge is -2.43. The molecule has 4 rings (SSSR count). The molecule has 0 N–H and O–H groups in total. The first-order chi connectivity index (χ1) is 13.1. The van der Waals surface area contributed by atoms with Crippen LogP contribution in [0.5, 0.6) is 0 Å². The third-order valence-electron chi connectivity index (χ3n) is 4.93. The maximum absolute atomic E-state index is 13.6. The first kappa shape index (κ1) is 18.0. The van der Waals surface area contributed by atoms with E-state index in [1.165, 1.54) is 12.1 Å². The molecule has 0 radical (unpaired) electrons. The van der Waals surface area contributed by atoms with Gasteiger partial charge in [-0.1, -0.05) is 12.1 Å². The molecule has 0 bridgehead atoms. The number of halogens is 1. The molecule has 3 heterocycles. The van der Waals surface area contributed by atoms with E-state index >= 15 is 0 Å². The maximum atomic E-state index is 13.6. The number of benzene rings is 1. The lowest BCUT2D eigenvalue weighted by Crippen LogP contribution is -2.60. The number of ether oxygens (including phenoxy) is 2. The van der Waals surface area contributed by atoms with Gasteiger partial charge in [0.2, 0.25) is 0 Å². The van der Waals surface area contributed by atoms with E-state index in [0.29, 0.717) is 32.0 Å². The minimum absolute atomic E-state index is 0.0411. The standard InChI is InChI=1S/C20H22FN3O3/c21-17-4-1-5-18(9-17)24-14-20(27-12-19(24)25)13-23(7-8-26-15-20)11-16-3-2-6-22-10-16/h1-6,9-10H,7-8,11-15H2. The van der Waals surface area contributed by atoms with Crippen LogP contribution < -0.4 is 4.90 Å². The number of hydrogen-bond acceptors (Lipinski definition) is 5. The Hall–Kier alpha value is -2.35. The van der Waals surface area contributed by atoms with E-state index < -0.39 is 5.60 Å². The fraction of sp³-hybridized carbons (Fsp3) is 0.400. The predicted octanol–water partition coefficient (Wildman–Crippen LogP) is 1.86. The van der Waals surface area contributed by atoms with Crippen LogP contribution in [0.2, 0.25) is 0 Å². The number of rotatable bonds is 3. The van der Waals surface area contributed by atoms with Crippen LogP contribution in [-0.4, -0.2) is 60.8 Å². The van der Waals surface area contributed by atoms with E-state index in [2.05, 4.69) is 9.88 Å². The number of hydrogen-bond donors (Lipinski definition) is 0. The number of morpholine rings is 1. The zero-order valence-electron chi connectivity index (χ0n) is 15.0. The molecule has 7 heteroatoms. The van der Waals surface area contributed by atoms with Crippen molar-refractivity contribution in [2.24, 2.45) is 0 Å². The lowest BCUT2D eigenvalue weighted by molar-refractivity contribution is -0.146. The van der Waals surface area contributed by atoms with Gasteiger partial charge in [0, 0.05) is 37.7 Å². The summed E-state index contributed by atoms with van der Waals surface area (Å²) < 4.78 is 25.4. The highest BCUT2D eigenvalue weighted by Gasteiger charge is 2.43. The topological polar surface area (TPSA) is 54.9 Å². The molecule has 0 saturated carbocycles. The zero-order chi connectivity index (χ0) is 18.7. The molecular weight excluding hydrogens is 349 g/mol. The van der Waals surface area contributed by atoms with Gasteiger partial charge in [-0.05, 0) is 29.8 Å². The van der Waals surface area contributed by atoms with Crippen LogP contribution in [-0.2, 0) is 20.8 Å². The van der Waals surface area contributed by atoms with E-state index in [9.17, 15) is 9.18 Å². The van der Waals surface area contributed by atoms with Crippen molar-refractivity contribution in [2.45, 2.75) is 12.1 Å². The van der Waals surface area contributed by atoms with Crippen LogP contribution in [0.4, 0.5) is 10.1 Å². The van der Waals surface area contributed by atoms with Crippen LogP contribution >= 0.6 is 0 Å². The summed E-state index contributed by atoms with van der Waals surface area (Å²) in [7, 11) is 0. The molecule has 2 aliphatic rings. The molecule has 2 aromatic rings. The van der Waals surface area contributed by atoms with Crippen molar-refractivity contribution >= 4 is 11.6 Å². The van der Waals surface area contributed by atoms with Crippen molar-refractivity contribution in [3.8, 4) is 0 Å². The molecule has 1 amide bonds. The molecule has 2 aliphatic heterocycles. The van der Waals surface area contributed by atoms with E-state index in [-0.39, 0.29) is 18.3 Å². The predicted molar refractivity (Wildman–Crippen MR) is 97.8 cm³/mol. The average Bonchev–Trinajstić information content (AvgIpc) is 2.87. The smallest absolute Gasteiger partial charge is 0.253 e. The molecule has 142 valence electrons. The number of pyridine rings is 1. The summed E-state index contributed by atoms with van der Waals surface area (Å²) in [5.74, 6) is -0.537. The Morgan fingerprint density at radius 2 is 2.15 bits per heavy atom. The number of carbonyl (C=O) groups is 1. The highest BCUT2D eigenvalue weighted by Crippen LogP contribution is 2.28. The molecule has 1 aromatic carbocycles. The number of nitrogens with zero attached hydrogens (tertiary/aromatic N) is 3.